The van der Waals surface area contributed by atoms with Crippen molar-refractivity contribution in [2.24, 2.45) is 17.3 Å². The number of carbonyl (C=O) groups excluding carboxylic acids is 2. The first-order chi connectivity index (χ1) is 6.35. The Morgan fingerprint density at radius 1 is 1.36 bits per heavy atom. The Hall–Kier alpha value is -0.660. The van der Waals surface area contributed by atoms with Crippen molar-refractivity contribution in [1.29, 1.82) is 0 Å². The molecule has 0 radical (unpaired) electrons. The standard InChI is InChI=1S/C12H20O2/c1-8(2)7-9-5-6-10(13)12(3,4)11(9)14/h8-9H,5-7H2,1-4H3. The molecule has 0 spiro atoms. The Labute approximate surface area is 86.1 Å². The minimum absolute atomic E-state index is 0.113. The lowest BCUT2D eigenvalue weighted by molar-refractivity contribution is -0.145. The zero-order valence-corrected chi connectivity index (χ0v) is 9.59. The van der Waals surface area contributed by atoms with E-state index < -0.39 is 5.41 Å². The summed E-state index contributed by atoms with van der Waals surface area (Å²) in [4.78, 5) is 23.5. The second-order valence-electron chi connectivity index (χ2n) is 5.28. The largest absolute Gasteiger partial charge is 0.299 e. The van der Waals surface area contributed by atoms with Gasteiger partial charge < -0.3 is 0 Å². The van der Waals surface area contributed by atoms with Gasteiger partial charge >= 0.3 is 0 Å². The van der Waals surface area contributed by atoms with Crippen LogP contribution in [0.2, 0.25) is 0 Å². The molecule has 1 unspecified atom stereocenters. The summed E-state index contributed by atoms with van der Waals surface area (Å²) in [5.74, 6) is 0.917. The predicted molar refractivity (Wildman–Crippen MR) is 56.0 cm³/mol. The minimum Gasteiger partial charge on any atom is -0.299 e. The van der Waals surface area contributed by atoms with E-state index in [0.29, 0.717) is 12.3 Å². The van der Waals surface area contributed by atoms with Crippen LogP contribution in [0.3, 0.4) is 0 Å². The number of hydrogen-bond acceptors (Lipinski definition) is 2. The first kappa shape index (κ1) is 11.4. The molecular weight excluding hydrogens is 176 g/mol. The summed E-state index contributed by atoms with van der Waals surface area (Å²) in [6.07, 6.45) is 2.27. The monoisotopic (exact) mass is 196 g/mol. The first-order valence-electron chi connectivity index (χ1n) is 5.43. The third-order valence-corrected chi connectivity index (χ3v) is 3.16. The molecule has 2 heteroatoms. The van der Waals surface area contributed by atoms with Gasteiger partial charge in [-0.15, -0.1) is 0 Å². The third kappa shape index (κ3) is 2.05. The van der Waals surface area contributed by atoms with Crippen LogP contribution in [0.4, 0.5) is 0 Å². The molecule has 0 aromatic rings. The zero-order chi connectivity index (χ0) is 10.9. The molecule has 1 aliphatic rings. The lowest BCUT2D eigenvalue weighted by Gasteiger charge is -2.32. The van der Waals surface area contributed by atoms with Crippen LogP contribution in [0.25, 0.3) is 0 Å². The molecular formula is C12H20O2. The molecule has 1 aliphatic carbocycles. The van der Waals surface area contributed by atoms with Crippen LogP contribution < -0.4 is 0 Å². The van der Waals surface area contributed by atoms with Crippen LogP contribution >= 0.6 is 0 Å². The van der Waals surface area contributed by atoms with Crippen LogP contribution in [-0.4, -0.2) is 11.6 Å². The van der Waals surface area contributed by atoms with Crippen LogP contribution in [0, 0.1) is 17.3 Å². The van der Waals surface area contributed by atoms with Crippen molar-refractivity contribution in [2.45, 2.75) is 47.0 Å². The van der Waals surface area contributed by atoms with E-state index in [4.69, 9.17) is 0 Å². The summed E-state index contributed by atoms with van der Waals surface area (Å²) in [5, 5.41) is 0. The second kappa shape index (κ2) is 3.84. The molecule has 0 aliphatic heterocycles. The zero-order valence-electron chi connectivity index (χ0n) is 9.59. The highest BCUT2D eigenvalue weighted by Gasteiger charge is 2.43. The first-order valence-corrected chi connectivity index (χ1v) is 5.43. The lowest BCUT2D eigenvalue weighted by atomic mass is 9.68. The number of ketones is 2. The summed E-state index contributed by atoms with van der Waals surface area (Å²) in [6, 6.07) is 0. The van der Waals surface area contributed by atoms with Crippen molar-refractivity contribution in [1.82, 2.24) is 0 Å². The van der Waals surface area contributed by atoms with Crippen molar-refractivity contribution in [3.05, 3.63) is 0 Å². The molecule has 0 saturated heterocycles. The summed E-state index contributed by atoms with van der Waals surface area (Å²) in [6.45, 7) is 7.78. The maximum absolute atomic E-state index is 12.0. The molecule has 0 aromatic carbocycles. The molecule has 80 valence electrons. The van der Waals surface area contributed by atoms with Crippen LogP contribution in [0.15, 0.2) is 0 Å². The highest BCUT2D eigenvalue weighted by atomic mass is 16.2. The molecule has 0 bridgehead atoms. The third-order valence-electron chi connectivity index (χ3n) is 3.16. The normalized spacial score (nSPS) is 27.1. The average Bonchev–Trinajstić information content (AvgIpc) is 2.07. The van der Waals surface area contributed by atoms with Gasteiger partial charge in [0, 0.05) is 12.3 Å². The topological polar surface area (TPSA) is 34.1 Å². The van der Waals surface area contributed by atoms with Crippen LogP contribution in [0.1, 0.15) is 47.0 Å². The van der Waals surface area contributed by atoms with E-state index in [1.54, 1.807) is 13.8 Å². The molecule has 1 fully saturated rings. The summed E-state index contributed by atoms with van der Waals surface area (Å²) >= 11 is 0. The van der Waals surface area contributed by atoms with Gasteiger partial charge in [-0.3, -0.25) is 9.59 Å². The van der Waals surface area contributed by atoms with Gasteiger partial charge in [0.1, 0.15) is 11.6 Å². The van der Waals surface area contributed by atoms with Crippen LogP contribution in [-0.2, 0) is 9.59 Å². The Morgan fingerprint density at radius 2 is 1.93 bits per heavy atom. The van der Waals surface area contributed by atoms with Gasteiger partial charge in [-0.05, 0) is 32.6 Å². The summed E-state index contributed by atoms with van der Waals surface area (Å²) < 4.78 is 0. The Kier molecular flexibility index (Phi) is 3.13. The van der Waals surface area contributed by atoms with Gasteiger partial charge in [0.2, 0.25) is 0 Å². The van der Waals surface area contributed by atoms with E-state index in [1.807, 2.05) is 0 Å². The van der Waals surface area contributed by atoms with Crippen molar-refractivity contribution in [2.75, 3.05) is 0 Å². The minimum atomic E-state index is -0.724. The van der Waals surface area contributed by atoms with Crippen molar-refractivity contribution in [3.8, 4) is 0 Å². The number of Topliss-reactive ketones (excluding diaryl/α,β-unsaturated/α-hetero) is 2. The van der Waals surface area contributed by atoms with E-state index >= 15 is 0 Å². The molecule has 0 aromatic heterocycles. The molecule has 2 nitrogen and oxygen atoms in total. The molecule has 0 amide bonds. The molecule has 14 heavy (non-hydrogen) atoms. The molecule has 1 atom stereocenters. The van der Waals surface area contributed by atoms with Crippen molar-refractivity contribution in [3.63, 3.8) is 0 Å². The van der Waals surface area contributed by atoms with Gasteiger partial charge in [0.15, 0.2) is 0 Å². The number of rotatable bonds is 2. The van der Waals surface area contributed by atoms with E-state index in [1.165, 1.54) is 0 Å². The van der Waals surface area contributed by atoms with E-state index in [9.17, 15) is 9.59 Å². The van der Waals surface area contributed by atoms with Crippen molar-refractivity contribution >= 4 is 11.6 Å². The van der Waals surface area contributed by atoms with Gasteiger partial charge in [-0.2, -0.15) is 0 Å². The van der Waals surface area contributed by atoms with E-state index in [2.05, 4.69) is 13.8 Å². The average molecular weight is 196 g/mol. The second-order valence-corrected chi connectivity index (χ2v) is 5.28. The maximum atomic E-state index is 12.0. The number of carbonyl (C=O) groups is 2. The molecule has 1 saturated carbocycles. The fourth-order valence-corrected chi connectivity index (χ4v) is 2.19. The molecule has 0 N–H and O–H groups in total. The van der Waals surface area contributed by atoms with Gasteiger partial charge in [-0.1, -0.05) is 13.8 Å². The van der Waals surface area contributed by atoms with E-state index in [-0.39, 0.29) is 17.5 Å². The quantitative estimate of drug-likeness (QED) is 0.636. The molecule has 0 heterocycles. The van der Waals surface area contributed by atoms with Crippen molar-refractivity contribution < 1.29 is 9.59 Å². The highest BCUT2D eigenvalue weighted by molar-refractivity contribution is 6.09. The van der Waals surface area contributed by atoms with E-state index in [0.717, 1.165) is 12.8 Å². The van der Waals surface area contributed by atoms with Gasteiger partial charge in [0.05, 0.1) is 5.41 Å². The SMILES string of the molecule is CC(C)CC1CCC(=O)C(C)(C)C1=O. The van der Waals surface area contributed by atoms with Crippen LogP contribution in [0.5, 0.6) is 0 Å². The highest BCUT2D eigenvalue weighted by Crippen LogP contribution is 2.35. The Morgan fingerprint density at radius 3 is 2.43 bits per heavy atom. The lowest BCUT2D eigenvalue weighted by Crippen LogP contribution is -2.42. The number of hydrogen-bond donors (Lipinski definition) is 0. The Balaban J connectivity index is 2.75. The fourth-order valence-electron chi connectivity index (χ4n) is 2.19. The van der Waals surface area contributed by atoms with Gasteiger partial charge in [0.25, 0.3) is 0 Å². The fraction of sp³-hybridized carbons (Fsp3) is 0.833. The van der Waals surface area contributed by atoms with Gasteiger partial charge in [-0.25, -0.2) is 0 Å². The molecule has 1 rings (SSSR count). The predicted octanol–water partition coefficient (Wildman–Crippen LogP) is 2.61. The Bertz CT molecular complexity index is 251. The maximum Gasteiger partial charge on any atom is 0.148 e. The smallest absolute Gasteiger partial charge is 0.148 e. The summed E-state index contributed by atoms with van der Waals surface area (Å²) in [5.41, 5.74) is -0.724. The summed E-state index contributed by atoms with van der Waals surface area (Å²) in [7, 11) is 0.